The number of hydrogen-bond acceptors (Lipinski definition) is 1. The number of aryl methyl sites for hydroxylation is 1. The molecular formula is C19H20N2OS. The van der Waals surface area contributed by atoms with Crippen molar-refractivity contribution in [1.82, 2.24) is 9.29 Å². The zero-order chi connectivity index (χ0) is 16.0. The van der Waals surface area contributed by atoms with Gasteiger partial charge in [0.05, 0.1) is 10.9 Å². The van der Waals surface area contributed by atoms with Crippen molar-refractivity contribution in [3.05, 3.63) is 65.4 Å². The normalized spacial score (nSPS) is 19.7. The molecular weight excluding hydrogens is 304 g/mol. The van der Waals surface area contributed by atoms with E-state index in [1.165, 1.54) is 27.7 Å². The quantitative estimate of drug-likeness (QED) is 0.756. The van der Waals surface area contributed by atoms with E-state index in [-0.39, 0.29) is 6.04 Å². The minimum atomic E-state index is -1.12. The molecule has 3 aromatic rings. The molecule has 23 heavy (non-hydrogen) atoms. The van der Waals surface area contributed by atoms with Crippen molar-refractivity contribution in [3.8, 4) is 0 Å². The van der Waals surface area contributed by atoms with Gasteiger partial charge in [-0.2, -0.15) is 0 Å². The summed E-state index contributed by atoms with van der Waals surface area (Å²) in [5.74, 6) is 0. The molecule has 1 N–H and O–H groups in total. The van der Waals surface area contributed by atoms with Gasteiger partial charge in [0, 0.05) is 23.1 Å². The van der Waals surface area contributed by atoms with Gasteiger partial charge in [-0.3, -0.25) is 0 Å². The SMILES string of the molecule is Cc1ccc(S(=O)N2CCc3c([nH]c4ccccc34)C2C)cc1. The first-order valence-corrected chi connectivity index (χ1v) is 9.10. The van der Waals surface area contributed by atoms with Gasteiger partial charge < -0.3 is 4.98 Å². The number of nitrogens with zero attached hydrogens (tertiary/aromatic N) is 1. The lowest BCUT2D eigenvalue weighted by molar-refractivity contribution is 0.342. The van der Waals surface area contributed by atoms with Crippen LogP contribution < -0.4 is 0 Å². The highest BCUT2D eigenvalue weighted by molar-refractivity contribution is 7.82. The highest BCUT2D eigenvalue weighted by Crippen LogP contribution is 2.35. The third-order valence-electron chi connectivity index (χ3n) is 4.71. The van der Waals surface area contributed by atoms with E-state index in [0.717, 1.165) is 17.9 Å². The monoisotopic (exact) mass is 324 g/mol. The number of para-hydroxylation sites is 1. The van der Waals surface area contributed by atoms with E-state index < -0.39 is 11.0 Å². The van der Waals surface area contributed by atoms with Crippen LogP contribution in [0.1, 0.15) is 29.8 Å². The van der Waals surface area contributed by atoms with E-state index in [4.69, 9.17) is 0 Å². The van der Waals surface area contributed by atoms with Gasteiger partial charge in [-0.05, 0) is 44.0 Å². The molecule has 2 unspecified atom stereocenters. The van der Waals surface area contributed by atoms with Crippen molar-refractivity contribution in [3.63, 3.8) is 0 Å². The van der Waals surface area contributed by atoms with Gasteiger partial charge in [-0.25, -0.2) is 8.51 Å². The summed E-state index contributed by atoms with van der Waals surface area (Å²) in [7, 11) is -1.12. The summed E-state index contributed by atoms with van der Waals surface area (Å²) >= 11 is 0. The Kier molecular flexibility index (Phi) is 3.58. The molecule has 1 aliphatic heterocycles. The third-order valence-corrected chi connectivity index (χ3v) is 6.31. The molecule has 2 aromatic carbocycles. The number of H-pyrrole nitrogens is 1. The lowest BCUT2D eigenvalue weighted by Crippen LogP contribution is -2.35. The molecule has 0 saturated carbocycles. The van der Waals surface area contributed by atoms with Gasteiger partial charge in [0.2, 0.25) is 0 Å². The van der Waals surface area contributed by atoms with Crippen molar-refractivity contribution in [2.75, 3.05) is 6.54 Å². The Morgan fingerprint density at radius 2 is 1.87 bits per heavy atom. The molecule has 4 rings (SSSR count). The first-order valence-electron chi connectivity index (χ1n) is 8.00. The Bertz CT molecular complexity index is 882. The predicted molar refractivity (Wildman–Crippen MR) is 94.7 cm³/mol. The molecule has 2 heterocycles. The largest absolute Gasteiger partial charge is 0.357 e. The zero-order valence-corrected chi connectivity index (χ0v) is 14.2. The van der Waals surface area contributed by atoms with E-state index in [2.05, 4.69) is 40.5 Å². The van der Waals surface area contributed by atoms with E-state index >= 15 is 0 Å². The molecule has 2 atom stereocenters. The Morgan fingerprint density at radius 3 is 2.65 bits per heavy atom. The van der Waals surface area contributed by atoms with Crippen LogP contribution in [0.4, 0.5) is 0 Å². The van der Waals surface area contributed by atoms with E-state index in [1.54, 1.807) is 0 Å². The number of benzene rings is 2. The van der Waals surface area contributed by atoms with Crippen LogP contribution in [0.2, 0.25) is 0 Å². The lowest BCUT2D eigenvalue weighted by atomic mass is 10.0. The van der Waals surface area contributed by atoms with Crippen molar-refractivity contribution >= 4 is 21.9 Å². The van der Waals surface area contributed by atoms with E-state index in [9.17, 15) is 4.21 Å². The van der Waals surface area contributed by atoms with E-state index in [1.807, 2.05) is 31.2 Å². The Balaban J connectivity index is 1.70. The second-order valence-electron chi connectivity index (χ2n) is 6.19. The number of rotatable bonds is 2. The predicted octanol–water partition coefficient (Wildman–Crippen LogP) is 4.12. The van der Waals surface area contributed by atoms with Crippen LogP contribution in [-0.2, 0) is 17.4 Å². The molecule has 3 nitrogen and oxygen atoms in total. The molecule has 118 valence electrons. The second kappa shape index (κ2) is 5.62. The summed E-state index contributed by atoms with van der Waals surface area (Å²) in [6.07, 6.45) is 0.932. The van der Waals surface area contributed by atoms with Crippen molar-refractivity contribution < 1.29 is 4.21 Å². The fourth-order valence-corrected chi connectivity index (χ4v) is 4.71. The van der Waals surface area contributed by atoms with Crippen LogP contribution in [0.3, 0.4) is 0 Å². The van der Waals surface area contributed by atoms with Gasteiger partial charge in [-0.15, -0.1) is 0 Å². The molecule has 1 aromatic heterocycles. The Hall–Kier alpha value is -1.91. The molecule has 0 spiro atoms. The van der Waals surface area contributed by atoms with Crippen LogP contribution in [0, 0.1) is 6.92 Å². The first kappa shape index (κ1) is 14.7. The number of aromatic nitrogens is 1. The fraction of sp³-hybridized carbons (Fsp3) is 0.263. The molecule has 0 amide bonds. The number of nitrogens with one attached hydrogen (secondary N) is 1. The second-order valence-corrected chi connectivity index (χ2v) is 7.63. The molecule has 0 aliphatic carbocycles. The zero-order valence-electron chi connectivity index (χ0n) is 13.4. The Morgan fingerprint density at radius 1 is 1.13 bits per heavy atom. The number of hydrogen-bond donors (Lipinski definition) is 1. The number of fused-ring (bicyclic) bond motifs is 3. The average molecular weight is 324 g/mol. The Labute approximate surface area is 138 Å². The fourth-order valence-electron chi connectivity index (χ4n) is 3.42. The van der Waals surface area contributed by atoms with Gasteiger partial charge >= 0.3 is 0 Å². The maximum atomic E-state index is 13.0. The summed E-state index contributed by atoms with van der Waals surface area (Å²) in [4.78, 5) is 4.41. The van der Waals surface area contributed by atoms with Crippen LogP contribution >= 0.6 is 0 Å². The van der Waals surface area contributed by atoms with Crippen LogP contribution in [-0.4, -0.2) is 20.0 Å². The average Bonchev–Trinajstić information content (AvgIpc) is 2.95. The maximum Gasteiger partial charge on any atom is 0.128 e. The molecule has 4 heteroatoms. The molecule has 0 radical (unpaired) electrons. The smallest absolute Gasteiger partial charge is 0.128 e. The van der Waals surface area contributed by atoms with Gasteiger partial charge in [0.25, 0.3) is 0 Å². The highest BCUT2D eigenvalue weighted by Gasteiger charge is 2.31. The summed E-state index contributed by atoms with van der Waals surface area (Å²) < 4.78 is 15.1. The summed E-state index contributed by atoms with van der Waals surface area (Å²) in [6, 6.07) is 16.5. The summed E-state index contributed by atoms with van der Waals surface area (Å²) in [5, 5.41) is 1.30. The molecule has 0 saturated heterocycles. The van der Waals surface area contributed by atoms with Crippen LogP contribution in [0.25, 0.3) is 10.9 Å². The van der Waals surface area contributed by atoms with Crippen molar-refractivity contribution in [2.45, 2.75) is 31.2 Å². The van der Waals surface area contributed by atoms with E-state index in [0.29, 0.717) is 0 Å². The number of aromatic amines is 1. The minimum absolute atomic E-state index is 0.119. The molecule has 0 fully saturated rings. The minimum Gasteiger partial charge on any atom is -0.357 e. The van der Waals surface area contributed by atoms with Gasteiger partial charge in [0.1, 0.15) is 11.0 Å². The molecule has 0 bridgehead atoms. The third kappa shape index (κ3) is 2.42. The molecule has 1 aliphatic rings. The van der Waals surface area contributed by atoms with Gasteiger partial charge in [-0.1, -0.05) is 35.9 Å². The first-order chi connectivity index (χ1) is 11.1. The van der Waals surface area contributed by atoms with Gasteiger partial charge in [0.15, 0.2) is 0 Å². The topological polar surface area (TPSA) is 36.1 Å². The summed E-state index contributed by atoms with van der Waals surface area (Å²) in [5.41, 5.74) is 4.95. The highest BCUT2D eigenvalue weighted by atomic mass is 32.2. The lowest BCUT2D eigenvalue weighted by Gasteiger charge is -2.32. The summed E-state index contributed by atoms with van der Waals surface area (Å²) in [6.45, 7) is 5.00. The van der Waals surface area contributed by atoms with Crippen molar-refractivity contribution in [2.24, 2.45) is 0 Å². The maximum absolute atomic E-state index is 13.0. The van der Waals surface area contributed by atoms with Crippen molar-refractivity contribution in [1.29, 1.82) is 0 Å². The van der Waals surface area contributed by atoms with Crippen LogP contribution in [0.5, 0.6) is 0 Å². The van der Waals surface area contributed by atoms with Crippen LogP contribution in [0.15, 0.2) is 53.4 Å². The standard InChI is InChI=1S/C19H20N2OS/c1-13-7-9-15(10-8-13)23(22)21-12-11-17-16-5-3-4-6-18(16)20-19(17)14(21)2/h3-10,14,20H,11-12H2,1-2H3.